The van der Waals surface area contributed by atoms with Gasteiger partial charge in [0.25, 0.3) is 0 Å². The number of carbonyl (C=O) groups is 1. The Morgan fingerprint density at radius 1 is 0.895 bits per heavy atom. The van der Waals surface area contributed by atoms with Gasteiger partial charge < -0.3 is 5.11 Å². The van der Waals surface area contributed by atoms with E-state index in [1.807, 2.05) is 60.7 Å². The molecule has 2 rings (SSSR count). The first-order chi connectivity index (χ1) is 9.10. The molecule has 0 aliphatic carbocycles. The lowest BCUT2D eigenvalue weighted by atomic mass is 9.91. The SMILES string of the molecule is O=C(O)C(S)(Cc1ccccc1)Cc1ccccc1. The van der Waals surface area contributed by atoms with Gasteiger partial charge in [-0.1, -0.05) is 60.7 Å². The summed E-state index contributed by atoms with van der Waals surface area (Å²) in [5, 5.41) is 9.48. The molecule has 0 heterocycles. The molecule has 0 saturated carbocycles. The molecular formula is C16H16O2S. The van der Waals surface area contributed by atoms with Crippen LogP contribution in [0.1, 0.15) is 11.1 Å². The number of hydrogen-bond donors (Lipinski definition) is 2. The highest BCUT2D eigenvalue weighted by molar-refractivity contribution is 7.82. The Balaban J connectivity index is 2.21. The maximum Gasteiger partial charge on any atom is 0.320 e. The number of carboxylic acids is 1. The van der Waals surface area contributed by atoms with Gasteiger partial charge in [0.2, 0.25) is 0 Å². The van der Waals surface area contributed by atoms with E-state index in [4.69, 9.17) is 0 Å². The molecule has 0 saturated heterocycles. The molecule has 0 unspecified atom stereocenters. The van der Waals surface area contributed by atoms with Crippen LogP contribution in [0, 0.1) is 0 Å². The number of rotatable bonds is 5. The van der Waals surface area contributed by atoms with Crippen LogP contribution in [0.2, 0.25) is 0 Å². The highest BCUT2D eigenvalue weighted by Crippen LogP contribution is 2.26. The second kappa shape index (κ2) is 5.93. The zero-order chi connectivity index (χ0) is 13.7. The minimum Gasteiger partial charge on any atom is -0.480 e. The third kappa shape index (κ3) is 3.61. The fourth-order valence-electron chi connectivity index (χ4n) is 2.08. The summed E-state index contributed by atoms with van der Waals surface area (Å²) in [6, 6.07) is 19.2. The smallest absolute Gasteiger partial charge is 0.320 e. The van der Waals surface area contributed by atoms with Crippen molar-refractivity contribution in [1.82, 2.24) is 0 Å². The van der Waals surface area contributed by atoms with Gasteiger partial charge in [-0.3, -0.25) is 4.79 Å². The van der Waals surface area contributed by atoms with E-state index in [-0.39, 0.29) is 0 Å². The van der Waals surface area contributed by atoms with Gasteiger partial charge in [-0.25, -0.2) is 0 Å². The molecule has 2 aromatic carbocycles. The highest BCUT2D eigenvalue weighted by atomic mass is 32.1. The summed E-state index contributed by atoms with van der Waals surface area (Å²) < 4.78 is -1.08. The minimum atomic E-state index is -1.08. The first kappa shape index (κ1) is 13.7. The molecule has 2 aromatic rings. The molecule has 1 N–H and O–H groups in total. The van der Waals surface area contributed by atoms with Crippen LogP contribution in [0.5, 0.6) is 0 Å². The lowest BCUT2D eigenvalue weighted by molar-refractivity contribution is -0.139. The minimum absolute atomic E-state index is 0.404. The molecular weight excluding hydrogens is 256 g/mol. The Morgan fingerprint density at radius 3 is 1.58 bits per heavy atom. The van der Waals surface area contributed by atoms with Gasteiger partial charge in [0, 0.05) is 0 Å². The van der Waals surface area contributed by atoms with E-state index in [1.165, 1.54) is 0 Å². The van der Waals surface area contributed by atoms with Crippen molar-refractivity contribution in [2.75, 3.05) is 0 Å². The average Bonchev–Trinajstić information content (AvgIpc) is 2.40. The van der Waals surface area contributed by atoms with Crippen molar-refractivity contribution in [3.05, 3.63) is 71.8 Å². The Labute approximate surface area is 118 Å². The number of thiol groups is 1. The topological polar surface area (TPSA) is 37.3 Å². The maximum atomic E-state index is 11.6. The van der Waals surface area contributed by atoms with E-state index >= 15 is 0 Å². The van der Waals surface area contributed by atoms with Crippen molar-refractivity contribution in [2.45, 2.75) is 17.6 Å². The maximum absolute atomic E-state index is 11.6. The average molecular weight is 272 g/mol. The van der Waals surface area contributed by atoms with E-state index in [2.05, 4.69) is 12.6 Å². The van der Waals surface area contributed by atoms with E-state index in [9.17, 15) is 9.90 Å². The van der Waals surface area contributed by atoms with Gasteiger partial charge in [0.05, 0.1) is 0 Å². The molecule has 0 aliphatic heterocycles. The summed E-state index contributed by atoms with van der Waals surface area (Å²) >= 11 is 4.44. The predicted molar refractivity (Wildman–Crippen MR) is 79.6 cm³/mol. The second-order valence-electron chi connectivity index (χ2n) is 4.66. The van der Waals surface area contributed by atoms with Gasteiger partial charge in [0.15, 0.2) is 0 Å². The van der Waals surface area contributed by atoms with Crippen molar-refractivity contribution < 1.29 is 9.90 Å². The molecule has 0 aliphatic rings. The number of aliphatic carboxylic acids is 1. The third-order valence-corrected chi connectivity index (χ3v) is 3.58. The summed E-state index contributed by atoms with van der Waals surface area (Å²) in [6.45, 7) is 0. The Morgan fingerprint density at radius 2 is 1.26 bits per heavy atom. The van der Waals surface area contributed by atoms with Crippen LogP contribution < -0.4 is 0 Å². The molecule has 2 nitrogen and oxygen atoms in total. The van der Waals surface area contributed by atoms with Gasteiger partial charge >= 0.3 is 5.97 Å². The highest BCUT2D eigenvalue weighted by Gasteiger charge is 2.34. The molecule has 0 aromatic heterocycles. The normalized spacial score (nSPS) is 11.2. The van der Waals surface area contributed by atoms with E-state index < -0.39 is 10.7 Å². The molecule has 0 radical (unpaired) electrons. The zero-order valence-electron chi connectivity index (χ0n) is 10.5. The van der Waals surface area contributed by atoms with Crippen LogP contribution in [0.25, 0.3) is 0 Å². The first-order valence-corrected chi connectivity index (χ1v) is 6.58. The van der Waals surface area contributed by atoms with Crippen LogP contribution in [0.3, 0.4) is 0 Å². The molecule has 0 amide bonds. The lowest BCUT2D eigenvalue weighted by Crippen LogP contribution is -2.37. The first-order valence-electron chi connectivity index (χ1n) is 6.14. The monoisotopic (exact) mass is 272 g/mol. The van der Waals surface area contributed by atoms with E-state index in [0.29, 0.717) is 12.8 Å². The summed E-state index contributed by atoms with van der Waals surface area (Å²) in [5.74, 6) is -0.886. The molecule has 0 bridgehead atoms. The van der Waals surface area contributed by atoms with E-state index in [0.717, 1.165) is 11.1 Å². The molecule has 0 fully saturated rings. The van der Waals surface area contributed by atoms with Crippen molar-refractivity contribution in [3.8, 4) is 0 Å². The number of carboxylic acid groups (broad SMARTS) is 1. The van der Waals surface area contributed by atoms with Crippen molar-refractivity contribution in [2.24, 2.45) is 0 Å². The summed E-state index contributed by atoms with van der Waals surface area (Å²) in [7, 11) is 0. The van der Waals surface area contributed by atoms with Gasteiger partial charge in [-0.2, -0.15) is 12.6 Å². The second-order valence-corrected chi connectivity index (χ2v) is 5.52. The summed E-state index contributed by atoms with van der Waals surface area (Å²) in [5.41, 5.74) is 1.96. The van der Waals surface area contributed by atoms with Crippen LogP contribution in [-0.2, 0) is 17.6 Å². The fourth-order valence-corrected chi connectivity index (χ4v) is 2.45. The summed E-state index contributed by atoms with van der Waals surface area (Å²) in [4.78, 5) is 11.6. The van der Waals surface area contributed by atoms with Crippen molar-refractivity contribution in [1.29, 1.82) is 0 Å². The molecule has 19 heavy (non-hydrogen) atoms. The predicted octanol–water partition coefficient (Wildman–Crippen LogP) is 3.23. The van der Waals surface area contributed by atoms with Crippen LogP contribution >= 0.6 is 12.6 Å². The van der Waals surface area contributed by atoms with Crippen molar-refractivity contribution >= 4 is 18.6 Å². The fraction of sp³-hybridized carbons (Fsp3) is 0.188. The summed E-state index contributed by atoms with van der Waals surface area (Å²) in [6.07, 6.45) is 0.808. The van der Waals surface area contributed by atoms with Crippen LogP contribution in [0.4, 0.5) is 0 Å². The van der Waals surface area contributed by atoms with Gasteiger partial charge in [0.1, 0.15) is 4.75 Å². The Bertz CT molecular complexity index is 496. The quantitative estimate of drug-likeness (QED) is 0.820. The largest absolute Gasteiger partial charge is 0.480 e. The standard InChI is InChI=1S/C16H16O2S/c17-15(18)16(19,11-13-7-3-1-4-8-13)12-14-9-5-2-6-10-14/h1-10,19H,11-12H2,(H,17,18). The number of benzene rings is 2. The van der Waals surface area contributed by atoms with E-state index in [1.54, 1.807) is 0 Å². The van der Waals surface area contributed by atoms with Crippen LogP contribution in [-0.4, -0.2) is 15.8 Å². The Hall–Kier alpha value is -1.74. The zero-order valence-corrected chi connectivity index (χ0v) is 11.4. The number of hydrogen-bond acceptors (Lipinski definition) is 2. The van der Waals surface area contributed by atoms with Crippen molar-refractivity contribution in [3.63, 3.8) is 0 Å². The molecule has 3 heteroatoms. The third-order valence-electron chi connectivity index (χ3n) is 3.08. The van der Waals surface area contributed by atoms with Crippen LogP contribution in [0.15, 0.2) is 60.7 Å². The lowest BCUT2D eigenvalue weighted by Gasteiger charge is -2.24. The molecule has 98 valence electrons. The van der Waals surface area contributed by atoms with Gasteiger partial charge in [-0.15, -0.1) is 0 Å². The molecule has 0 atom stereocenters. The Kier molecular flexibility index (Phi) is 4.27. The molecule has 0 spiro atoms. The van der Waals surface area contributed by atoms with Gasteiger partial charge in [-0.05, 0) is 24.0 Å².